The first-order valence-corrected chi connectivity index (χ1v) is 14.1. The SMILES string of the molecule is CC(C)(C)OC(=O)N1CCN=C(NCCCCOc2ccc(C[C@H](NC(=O)c3c(Cl)cccc3Cl)C(=O)O)cc2)C1. The summed E-state index contributed by atoms with van der Waals surface area (Å²) in [5.74, 6) is -0.403. The molecule has 0 aliphatic carbocycles. The van der Waals surface area contributed by atoms with Crippen LogP contribution in [0.15, 0.2) is 47.5 Å². The number of hydrogen-bond donors (Lipinski definition) is 3. The molecule has 0 saturated carbocycles. The Morgan fingerprint density at radius 3 is 2.39 bits per heavy atom. The summed E-state index contributed by atoms with van der Waals surface area (Å²) < 4.78 is 11.2. The fraction of sp³-hybridized carbons (Fsp3) is 0.448. The van der Waals surface area contributed by atoms with Crippen molar-refractivity contribution >= 4 is 47.0 Å². The van der Waals surface area contributed by atoms with Gasteiger partial charge in [0.15, 0.2) is 0 Å². The number of halogens is 2. The van der Waals surface area contributed by atoms with Gasteiger partial charge in [-0.1, -0.05) is 41.4 Å². The lowest BCUT2D eigenvalue weighted by molar-refractivity contribution is -0.139. The Labute approximate surface area is 250 Å². The first-order chi connectivity index (χ1) is 19.4. The van der Waals surface area contributed by atoms with Crippen LogP contribution in [-0.4, -0.2) is 78.2 Å². The van der Waals surface area contributed by atoms with Gasteiger partial charge >= 0.3 is 12.1 Å². The van der Waals surface area contributed by atoms with Crippen LogP contribution in [0.1, 0.15) is 49.5 Å². The summed E-state index contributed by atoms with van der Waals surface area (Å²) in [6, 6.07) is 10.5. The highest BCUT2D eigenvalue weighted by Crippen LogP contribution is 2.24. The summed E-state index contributed by atoms with van der Waals surface area (Å²) in [6.45, 7) is 8.21. The number of hydrogen-bond acceptors (Lipinski definition) is 7. The van der Waals surface area contributed by atoms with E-state index in [0.29, 0.717) is 44.1 Å². The minimum atomic E-state index is -1.17. The molecule has 3 rings (SSSR count). The van der Waals surface area contributed by atoms with Crippen molar-refractivity contribution < 1.29 is 29.0 Å². The maximum atomic E-state index is 12.6. The van der Waals surface area contributed by atoms with Gasteiger partial charge in [-0.3, -0.25) is 14.7 Å². The molecule has 1 aliphatic heterocycles. The Balaban J connectivity index is 1.38. The number of nitrogens with zero attached hydrogens (tertiary/aromatic N) is 2. The van der Waals surface area contributed by atoms with Crippen LogP contribution in [0.4, 0.5) is 4.79 Å². The molecular formula is C29H36Cl2N4O6. The van der Waals surface area contributed by atoms with E-state index in [1.165, 1.54) is 12.1 Å². The smallest absolute Gasteiger partial charge is 0.410 e. The number of benzene rings is 2. The lowest BCUT2D eigenvalue weighted by atomic mass is 10.1. The molecule has 10 nitrogen and oxygen atoms in total. The third-order valence-corrected chi connectivity index (χ3v) is 6.62. The van der Waals surface area contributed by atoms with Crippen molar-refractivity contribution in [3.63, 3.8) is 0 Å². The minimum Gasteiger partial charge on any atom is -0.494 e. The van der Waals surface area contributed by atoms with E-state index in [0.717, 1.165) is 18.7 Å². The monoisotopic (exact) mass is 606 g/mol. The minimum absolute atomic E-state index is 0.0375. The van der Waals surface area contributed by atoms with E-state index in [-0.39, 0.29) is 28.1 Å². The number of carbonyl (C=O) groups is 3. The van der Waals surface area contributed by atoms with Crippen molar-refractivity contribution in [2.24, 2.45) is 4.99 Å². The van der Waals surface area contributed by atoms with E-state index < -0.39 is 23.5 Å². The molecule has 0 aromatic heterocycles. The van der Waals surface area contributed by atoms with Gasteiger partial charge < -0.3 is 25.2 Å². The lowest BCUT2D eigenvalue weighted by Crippen LogP contribution is -2.47. The highest BCUT2D eigenvalue weighted by Gasteiger charge is 2.25. The number of unbranched alkanes of at least 4 members (excludes halogenated alkanes) is 1. The first kappa shape index (κ1) is 32.0. The van der Waals surface area contributed by atoms with Crippen LogP contribution in [0.25, 0.3) is 0 Å². The van der Waals surface area contributed by atoms with Gasteiger partial charge in [0.2, 0.25) is 0 Å². The van der Waals surface area contributed by atoms with E-state index in [2.05, 4.69) is 15.6 Å². The molecule has 1 atom stereocenters. The van der Waals surface area contributed by atoms with Crippen molar-refractivity contribution in [1.82, 2.24) is 15.5 Å². The Kier molecular flexibility index (Phi) is 11.7. The predicted octanol–water partition coefficient (Wildman–Crippen LogP) is 4.82. The number of carboxylic acids is 1. The summed E-state index contributed by atoms with van der Waals surface area (Å²) in [5, 5.41) is 15.7. The van der Waals surface area contributed by atoms with Gasteiger partial charge in [-0.2, -0.15) is 0 Å². The summed E-state index contributed by atoms with van der Waals surface area (Å²) >= 11 is 12.1. The molecule has 222 valence electrons. The third-order valence-electron chi connectivity index (χ3n) is 5.99. The van der Waals surface area contributed by atoms with E-state index in [9.17, 15) is 19.5 Å². The van der Waals surface area contributed by atoms with Crippen molar-refractivity contribution in [3.8, 4) is 5.75 Å². The second kappa shape index (κ2) is 14.9. The number of ether oxygens (including phenoxy) is 2. The van der Waals surface area contributed by atoms with Crippen LogP contribution < -0.4 is 15.4 Å². The van der Waals surface area contributed by atoms with Gasteiger partial charge in [-0.25, -0.2) is 9.59 Å². The van der Waals surface area contributed by atoms with Crippen LogP contribution >= 0.6 is 23.2 Å². The van der Waals surface area contributed by atoms with Gasteiger partial charge in [0.25, 0.3) is 5.91 Å². The average molecular weight is 608 g/mol. The number of carboxylic acid groups (broad SMARTS) is 1. The van der Waals surface area contributed by atoms with Crippen molar-refractivity contribution in [2.45, 2.75) is 51.7 Å². The molecule has 2 amide bonds. The molecule has 12 heteroatoms. The number of carbonyl (C=O) groups excluding carboxylic acids is 2. The number of rotatable bonds is 11. The van der Waals surface area contributed by atoms with E-state index in [1.54, 1.807) is 35.2 Å². The second-order valence-corrected chi connectivity index (χ2v) is 11.3. The molecule has 1 aliphatic rings. The average Bonchev–Trinajstić information content (AvgIpc) is 2.90. The Morgan fingerprint density at radius 2 is 1.76 bits per heavy atom. The maximum Gasteiger partial charge on any atom is 0.410 e. The number of aliphatic imine (C=N–C) groups is 1. The zero-order chi connectivity index (χ0) is 30.0. The zero-order valence-corrected chi connectivity index (χ0v) is 24.9. The molecule has 0 bridgehead atoms. The third kappa shape index (κ3) is 10.4. The summed E-state index contributed by atoms with van der Waals surface area (Å²) in [7, 11) is 0. The highest BCUT2D eigenvalue weighted by atomic mass is 35.5. The van der Waals surface area contributed by atoms with Gasteiger partial charge in [0, 0.05) is 19.5 Å². The molecule has 1 heterocycles. The van der Waals surface area contributed by atoms with Crippen LogP contribution in [0.5, 0.6) is 5.75 Å². The predicted molar refractivity (Wildman–Crippen MR) is 158 cm³/mol. The van der Waals surface area contributed by atoms with Crippen molar-refractivity contribution in [1.29, 1.82) is 0 Å². The van der Waals surface area contributed by atoms with E-state index >= 15 is 0 Å². The highest BCUT2D eigenvalue weighted by molar-refractivity contribution is 6.39. The molecule has 0 radical (unpaired) electrons. The van der Waals surface area contributed by atoms with Crippen molar-refractivity contribution in [3.05, 3.63) is 63.6 Å². The van der Waals surface area contributed by atoms with Gasteiger partial charge in [-0.05, 0) is 63.4 Å². The number of nitrogens with one attached hydrogen (secondary N) is 2. The first-order valence-electron chi connectivity index (χ1n) is 13.4. The molecule has 41 heavy (non-hydrogen) atoms. The quantitative estimate of drug-likeness (QED) is 0.313. The fourth-order valence-electron chi connectivity index (χ4n) is 3.96. The lowest BCUT2D eigenvalue weighted by Gasteiger charge is -2.29. The second-order valence-electron chi connectivity index (χ2n) is 10.5. The van der Waals surface area contributed by atoms with E-state index in [1.807, 2.05) is 20.8 Å². The molecule has 0 spiro atoms. The van der Waals surface area contributed by atoms with Gasteiger partial charge in [0.05, 0.1) is 35.3 Å². The number of aliphatic carboxylic acids is 1. The van der Waals surface area contributed by atoms with Crippen LogP contribution in [-0.2, 0) is 16.0 Å². The van der Waals surface area contributed by atoms with Crippen LogP contribution in [0.3, 0.4) is 0 Å². The van der Waals surface area contributed by atoms with Crippen LogP contribution in [0, 0.1) is 0 Å². The molecule has 2 aromatic rings. The molecule has 3 N–H and O–H groups in total. The maximum absolute atomic E-state index is 12.6. The zero-order valence-electron chi connectivity index (χ0n) is 23.4. The Morgan fingerprint density at radius 1 is 1.07 bits per heavy atom. The molecule has 0 saturated heterocycles. The van der Waals surface area contributed by atoms with Gasteiger partial charge in [0.1, 0.15) is 23.2 Å². The standard InChI is InChI=1S/C29H36Cl2N4O6/c1-29(2,3)41-28(39)35-15-14-33-24(18-35)32-13-4-5-16-40-20-11-9-19(10-12-20)17-23(27(37)38)34-26(36)25-21(30)7-6-8-22(25)31/h6-12,23H,4-5,13-18H2,1-3H3,(H,32,33)(H,34,36)(H,37,38)/t23-/m0/s1. The van der Waals surface area contributed by atoms with Gasteiger partial charge in [-0.15, -0.1) is 0 Å². The molecule has 0 unspecified atom stereocenters. The summed E-state index contributed by atoms with van der Waals surface area (Å²) in [5.41, 5.74) is 0.217. The normalized spacial score (nSPS) is 14.1. The van der Waals surface area contributed by atoms with Crippen LogP contribution in [0.2, 0.25) is 10.0 Å². The largest absolute Gasteiger partial charge is 0.494 e. The molecule has 0 fully saturated rings. The molecule has 2 aromatic carbocycles. The number of amides is 2. The fourth-order valence-corrected chi connectivity index (χ4v) is 4.53. The number of amidine groups is 1. The van der Waals surface area contributed by atoms with E-state index in [4.69, 9.17) is 32.7 Å². The summed E-state index contributed by atoms with van der Waals surface area (Å²) in [6.07, 6.45) is 1.38. The Hall–Kier alpha value is -3.50. The summed E-state index contributed by atoms with van der Waals surface area (Å²) in [4.78, 5) is 42.8. The topological polar surface area (TPSA) is 130 Å². The Bertz CT molecular complexity index is 1230. The molecular weight excluding hydrogens is 571 g/mol. The van der Waals surface area contributed by atoms with Crippen molar-refractivity contribution in [2.75, 3.05) is 32.8 Å².